The number of hydrogen-bond acceptors (Lipinski definition) is 7. The van der Waals surface area contributed by atoms with Gasteiger partial charge in [-0.2, -0.15) is 13.2 Å². The third-order valence-electron chi connectivity index (χ3n) is 3.90. The number of rotatable bonds is 13. The number of alkyl halides is 3. The van der Waals surface area contributed by atoms with Crippen LogP contribution in [0.25, 0.3) is 0 Å². The van der Waals surface area contributed by atoms with Crippen molar-refractivity contribution in [2.45, 2.75) is 6.18 Å². The maximum absolute atomic E-state index is 12.8. The van der Waals surface area contributed by atoms with E-state index in [9.17, 15) is 23.3 Å². The molecule has 0 saturated heterocycles. The molecule has 0 saturated carbocycles. The Hall–Kier alpha value is -2.60. The molecule has 2 aromatic carbocycles. The Morgan fingerprint density at radius 2 is 1.59 bits per heavy atom. The first-order valence-electron chi connectivity index (χ1n) is 9.32. The highest BCUT2D eigenvalue weighted by molar-refractivity contribution is 6.32. The molecule has 0 aliphatic rings. The molecule has 2 rings (SSSR count). The maximum atomic E-state index is 12.8. The first-order chi connectivity index (χ1) is 15.2. The SMILES string of the molecule is COCCOCCOCCOc1cc(Oc2ccc(C(F)(F)F)cc2Cl)ccc1[N+](=O)[O-]. The molecule has 0 unspecified atom stereocenters. The van der Waals surface area contributed by atoms with Crippen molar-refractivity contribution in [2.75, 3.05) is 46.8 Å². The van der Waals surface area contributed by atoms with Crippen LogP contribution in [0.3, 0.4) is 0 Å². The number of nitrogens with zero attached hydrogens (tertiary/aromatic N) is 1. The molecule has 0 aromatic heterocycles. The lowest BCUT2D eigenvalue weighted by Crippen LogP contribution is -2.12. The Morgan fingerprint density at radius 3 is 2.19 bits per heavy atom. The molecule has 0 N–H and O–H groups in total. The van der Waals surface area contributed by atoms with Gasteiger partial charge in [-0.3, -0.25) is 10.1 Å². The minimum atomic E-state index is -4.55. The third kappa shape index (κ3) is 8.15. The van der Waals surface area contributed by atoms with Gasteiger partial charge in [-0.15, -0.1) is 0 Å². The van der Waals surface area contributed by atoms with Gasteiger partial charge in [0.25, 0.3) is 0 Å². The molecule has 12 heteroatoms. The van der Waals surface area contributed by atoms with Crippen LogP contribution in [0.15, 0.2) is 36.4 Å². The number of benzene rings is 2. The van der Waals surface area contributed by atoms with Crippen LogP contribution in [-0.4, -0.2) is 51.7 Å². The van der Waals surface area contributed by atoms with E-state index in [4.69, 9.17) is 35.3 Å². The quantitative estimate of drug-likeness (QED) is 0.224. The minimum Gasteiger partial charge on any atom is -0.484 e. The summed E-state index contributed by atoms with van der Waals surface area (Å²) in [5.41, 5.74) is -1.23. The number of halogens is 4. The summed E-state index contributed by atoms with van der Waals surface area (Å²) in [6.07, 6.45) is -4.55. The smallest absolute Gasteiger partial charge is 0.416 e. The molecule has 0 radical (unpaired) electrons. The summed E-state index contributed by atoms with van der Waals surface area (Å²) in [6, 6.07) is 6.31. The zero-order valence-corrected chi connectivity index (χ0v) is 17.8. The van der Waals surface area contributed by atoms with Gasteiger partial charge >= 0.3 is 11.9 Å². The van der Waals surface area contributed by atoms with Crippen molar-refractivity contribution in [2.24, 2.45) is 0 Å². The summed E-state index contributed by atoms with van der Waals surface area (Å²) in [6.45, 7) is 1.76. The van der Waals surface area contributed by atoms with Crippen molar-refractivity contribution < 1.29 is 41.8 Å². The van der Waals surface area contributed by atoms with Crippen LogP contribution in [-0.2, 0) is 20.4 Å². The van der Waals surface area contributed by atoms with Gasteiger partial charge < -0.3 is 23.7 Å². The van der Waals surface area contributed by atoms with Crippen molar-refractivity contribution in [3.8, 4) is 17.2 Å². The largest absolute Gasteiger partial charge is 0.484 e. The van der Waals surface area contributed by atoms with E-state index in [-0.39, 0.29) is 41.2 Å². The second-order valence-electron chi connectivity index (χ2n) is 6.20. The zero-order chi connectivity index (χ0) is 23.6. The van der Waals surface area contributed by atoms with E-state index >= 15 is 0 Å². The molecule has 8 nitrogen and oxygen atoms in total. The van der Waals surface area contributed by atoms with Crippen molar-refractivity contribution in [1.29, 1.82) is 0 Å². The molecule has 0 fully saturated rings. The Balaban J connectivity index is 1.97. The van der Waals surface area contributed by atoms with E-state index in [1.54, 1.807) is 7.11 Å². The van der Waals surface area contributed by atoms with E-state index in [0.29, 0.717) is 26.4 Å². The first-order valence-corrected chi connectivity index (χ1v) is 9.70. The molecule has 0 heterocycles. The fourth-order valence-electron chi connectivity index (χ4n) is 2.39. The lowest BCUT2D eigenvalue weighted by atomic mass is 10.2. The Labute approximate surface area is 186 Å². The number of hydrogen-bond donors (Lipinski definition) is 0. The lowest BCUT2D eigenvalue weighted by Gasteiger charge is -2.12. The fraction of sp³-hybridized carbons (Fsp3) is 0.400. The van der Waals surface area contributed by atoms with Gasteiger partial charge in [-0.25, -0.2) is 0 Å². The predicted octanol–water partition coefficient (Wildman–Crippen LogP) is 5.12. The second-order valence-corrected chi connectivity index (χ2v) is 6.60. The molecule has 0 bridgehead atoms. The number of methoxy groups -OCH3 is 1. The van der Waals surface area contributed by atoms with E-state index in [1.165, 1.54) is 12.1 Å². The summed E-state index contributed by atoms with van der Waals surface area (Å²) in [4.78, 5) is 10.6. The van der Waals surface area contributed by atoms with Crippen LogP contribution in [0.1, 0.15) is 5.56 Å². The topological polar surface area (TPSA) is 89.3 Å². The summed E-state index contributed by atoms with van der Waals surface area (Å²) >= 11 is 5.88. The van der Waals surface area contributed by atoms with Gasteiger partial charge in [0.2, 0.25) is 5.75 Å². The van der Waals surface area contributed by atoms with Gasteiger partial charge in [-0.05, 0) is 24.3 Å². The normalized spacial score (nSPS) is 11.4. The van der Waals surface area contributed by atoms with Crippen LogP contribution >= 0.6 is 11.6 Å². The monoisotopic (exact) mass is 479 g/mol. The molecule has 2 aromatic rings. The highest BCUT2D eigenvalue weighted by Gasteiger charge is 2.31. The minimum absolute atomic E-state index is 0.0173. The molecule has 176 valence electrons. The van der Waals surface area contributed by atoms with Gasteiger partial charge in [0.05, 0.1) is 48.5 Å². The molecule has 0 aliphatic carbocycles. The predicted molar refractivity (Wildman–Crippen MR) is 109 cm³/mol. The molecule has 32 heavy (non-hydrogen) atoms. The van der Waals surface area contributed by atoms with Crippen LogP contribution in [0.2, 0.25) is 5.02 Å². The van der Waals surface area contributed by atoms with Gasteiger partial charge in [0.15, 0.2) is 0 Å². The van der Waals surface area contributed by atoms with Crippen molar-refractivity contribution >= 4 is 17.3 Å². The van der Waals surface area contributed by atoms with Crippen LogP contribution < -0.4 is 9.47 Å². The van der Waals surface area contributed by atoms with Crippen molar-refractivity contribution in [1.82, 2.24) is 0 Å². The molecule has 0 aliphatic heterocycles. The molecular formula is C20H21ClF3NO7. The average molecular weight is 480 g/mol. The first kappa shape index (κ1) is 25.7. The van der Waals surface area contributed by atoms with Crippen LogP contribution in [0.5, 0.6) is 17.2 Å². The average Bonchev–Trinajstić information content (AvgIpc) is 2.73. The van der Waals surface area contributed by atoms with E-state index < -0.39 is 16.7 Å². The Kier molecular flexibility index (Phi) is 9.97. The van der Waals surface area contributed by atoms with Crippen molar-refractivity contribution in [3.63, 3.8) is 0 Å². The number of nitro groups is 1. The second kappa shape index (κ2) is 12.4. The van der Waals surface area contributed by atoms with Crippen LogP contribution in [0, 0.1) is 10.1 Å². The lowest BCUT2D eigenvalue weighted by molar-refractivity contribution is -0.385. The van der Waals surface area contributed by atoms with E-state index in [2.05, 4.69) is 0 Å². The summed E-state index contributed by atoms with van der Waals surface area (Å²) in [7, 11) is 1.56. The summed E-state index contributed by atoms with van der Waals surface area (Å²) in [5, 5.41) is 11.0. The third-order valence-corrected chi connectivity index (χ3v) is 4.20. The number of ether oxygens (including phenoxy) is 5. The fourth-order valence-corrected chi connectivity index (χ4v) is 2.61. The van der Waals surface area contributed by atoms with E-state index in [0.717, 1.165) is 24.3 Å². The molecule has 0 spiro atoms. The Morgan fingerprint density at radius 1 is 0.938 bits per heavy atom. The molecular weight excluding hydrogens is 459 g/mol. The molecule has 0 amide bonds. The van der Waals surface area contributed by atoms with Gasteiger partial charge in [0, 0.05) is 19.2 Å². The zero-order valence-electron chi connectivity index (χ0n) is 17.0. The highest BCUT2D eigenvalue weighted by atomic mass is 35.5. The number of nitro benzene ring substituents is 1. The van der Waals surface area contributed by atoms with E-state index in [1.807, 2.05) is 0 Å². The standard InChI is InChI=1S/C20H21ClF3NO7/c1-28-6-7-29-8-9-30-10-11-31-19-13-15(3-4-17(19)25(26)27)32-18-5-2-14(12-16(18)21)20(22,23)24/h2-5,12-13H,6-11H2,1H3. The highest BCUT2D eigenvalue weighted by Crippen LogP contribution is 2.38. The van der Waals surface area contributed by atoms with Gasteiger partial charge in [0.1, 0.15) is 18.1 Å². The Bertz CT molecular complexity index is 896. The van der Waals surface area contributed by atoms with Crippen molar-refractivity contribution in [3.05, 3.63) is 57.1 Å². The molecule has 0 atom stereocenters. The van der Waals surface area contributed by atoms with Crippen LogP contribution in [0.4, 0.5) is 18.9 Å². The summed E-state index contributed by atoms with van der Waals surface area (Å²) in [5.74, 6) is -0.0357. The maximum Gasteiger partial charge on any atom is 0.416 e. The van der Waals surface area contributed by atoms with Gasteiger partial charge in [-0.1, -0.05) is 11.6 Å². The summed E-state index contributed by atoms with van der Waals surface area (Å²) < 4.78 is 64.6.